The highest BCUT2D eigenvalue weighted by molar-refractivity contribution is 7.12. The number of aliphatic hydroxyl groups excluding tert-OH is 2. The zero-order valence-electron chi connectivity index (χ0n) is 18.1. The van der Waals surface area contributed by atoms with Crippen LogP contribution in [0, 0.1) is 11.8 Å². The lowest BCUT2D eigenvalue weighted by Gasteiger charge is -2.14. The first-order valence-electron chi connectivity index (χ1n) is 10.6. The molecule has 0 aromatic carbocycles. The van der Waals surface area contributed by atoms with Crippen molar-refractivity contribution in [2.45, 2.75) is 76.9 Å². The molecular weight excluding hydrogens is 418 g/mol. The third kappa shape index (κ3) is 16.2. The lowest BCUT2D eigenvalue weighted by Crippen LogP contribution is -2.31. The summed E-state index contributed by atoms with van der Waals surface area (Å²) in [6.07, 6.45) is 11.8. The number of unbranched alkanes of at least 4 members (excludes halogenated alkanes) is 8. The molecule has 0 aliphatic heterocycles. The Hall–Kier alpha value is -2.18. The molecule has 1 aromatic heterocycles. The molecule has 174 valence electrons. The first-order chi connectivity index (χ1) is 14.8. The van der Waals surface area contributed by atoms with E-state index in [4.69, 9.17) is 21.1 Å². The van der Waals surface area contributed by atoms with Gasteiger partial charge in [0.05, 0.1) is 17.5 Å². The Labute approximate surface area is 188 Å². The van der Waals surface area contributed by atoms with Crippen LogP contribution < -0.4 is 5.73 Å². The fraction of sp³-hybridized carbons (Fsp3) is 0.565. The smallest absolute Gasteiger partial charge is 0.328 e. The van der Waals surface area contributed by atoms with Gasteiger partial charge in [-0.25, -0.2) is 9.59 Å². The van der Waals surface area contributed by atoms with Crippen molar-refractivity contribution in [3.8, 4) is 11.8 Å². The van der Waals surface area contributed by atoms with E-state index >= 15 is 0 Å². The van der Waals surface area contributed by atoms with Gasteiger partial charge in [-0.1, -0.05) is 63.7 Å². The minimum absolute atomic E-state index is 0.224. The summed E-state index contributed by atoms with van der Waals surface area (Å²) in [5.41, 5.74) is 5.63. The molecule has 0 amide bonds. The third-order valence-electron chi connectivity index (χ3n) is 4.27. The summed E-state index contributed by atoms with van der Waals surface area (Å²) < 4.78 is 0. The predicted molar refractivity (Wildman–Crippen MR) is 123 cm³/mol. The second-order valence-corrected chi connectivity index (χ2v) is 8.15. The van der Waals surface area contributed by atoms with Gasteiger partial charge in [0.2, 0.25) is 0 Å². The van der Waals surface area contributed by atoms with Crippen LogP contribution in [0.3, 0.4) is 0 Å². The lowest BCUT2D eigenvalue weighted by atomic mass is 10.1. The van der Waals surface area contributed by atoms with Gasteiger partial charge in [0.15, 0.2) is 0 Å². The minimum atomic E-state index is -1.26. The van der Waals surface area contributed by atoms with E-state index in [-0.39, 0.29) is 6.61 Å². The maximum absolute atomic E-state index is 9.93. The number of hydrogen-bond acceptors (Lipinski definition) is 6. The number of nitrogens with two attached hydrogens (primary N) is 1. The largest absolute Gasteiger partial charge is 0.478 e. The van der Waals surface area contributed by atoms with Crippen LogP contribution in [0.4, 0.5) is 0 Å². The molecule has 7 nitrogen and oxygen atoms in total. The SMILES string of the molecule is CCCCCCCCCCC#Cc1ccc(C(O)C(N)CO)s1.O=C(O)/C=C\C(=O)O. The van der Waals surface area contributed by atoms with E-state index < -0.39 is 24.1 Å². The first-order valence-corrected chi connectivity index (χ1v) is 11.4. The Balaban J connectivity index is 0.000000954. The molecule has 0 aliphatic carbocycles. The van der Waals surface area contributed by atoms with Crippen LogP contribution >= 0.6 is 11.3 Å². The van der Waals surface area contributed by atoms with Gasteiger partial charge < -0.3 is 26.2 Å². The average molecular weight is 454 g/mol. The van der Waals surface area contributed by atoms with Gasteiger partial charge in [0.25, 0.3) is 0 Å². The Bertz CT molecular complexity index is 703. The number of hydrogen-bond donors (Lipinski definition) is 5. The molecule has 0 spiro atoms. The molecule has 0 saturated heterocycles. The Morgan fingerprint density at radius 2 is 1.58 bits per heavy atom. The number of thiophene rings is 1. The molecule has 0 saturated carbocycles. The summed E-state index contributed by atoms with van der Waals surface area (Å²) >= 11 is 1.45. The number of rotatable bonds is 13. The topological polar surface area (TPSA) is 141 Å². The Kier molecular flexibility index (Phi) is 17.3. The van der Waals surface area contributed by atoms with Gasteiger partial charge in [0, 0.05) is 23.5 Å². The maximum atomic E-state index is 9.93. The summed E-state index contributed by atoms with van der Waals surface area (Å²) in [7, 11) is 0. The lowest BCUT2D eigenvalue weighted by molar-refractivity contribution is -0.134. The highest BCUT2D eigenvalue weighted by Gasteiger charge is 2.17. The van der Waals surface area contributed by atoms with Crippen molar-refractivity contribution in [3.05, 3.63) is 34.0 Å². The number of aliphatic hydroxyl groups is 2. The van der Waals surface area contributed by atoms with Crippen LogP contribution in [-0.2, 0) is 9.59 Å². The van der Waals surface area contributed by atoms with Crippen LogP contribution in [0.15, 0.2) is 24.3 Å². The molecule has 1 aromatic rings. The van der Waals surface area contributed by atoms with E-state index in [0.717, 1.165) is 22.6 Å². The zero-order chi connectivity index (χ0) is 23.5. The highest BCUT2D eigenvalue weighted by atomic mass is 32.1. The molecule has 1 heterocycles. The van der Waals surface area contributed by atoms with Crippen molar-refractivity contribution in [2.75, 3.05) is 6.61 Å². The fourth-order valence-electron chi connectivity index (χ4n) is 2.53. The maximum Gasteiger partial charge on any atom is 0.328 e. The minimum Gasteiger partial charge on any atom is -0.478 e. The second kappa shape index (κ2) is 18.6. The van der Waals surface area contributed by atoms with Gasteiger partial charge in [-0.05, 0) is 18.6 Å². The van der Waals surface area contributed by atoms with Crippen LogP contribution in [-0.4, -0.2) is 45.0 Å². The van der Waals surface area contributed by atoms with Gasteiger partial charge in [-0.2, -0.15) is 0 Å². The number of carbonyl (C=O) groups is 2. The average Bonchev–Trinajstić information content (AvgIpc) is 3.21. The van der Waals surface area contributed by atoms with Crippen LogP contribution in [0.2, 0.25) is 0 Å². The van der Waals surface area contributed by atoms with Crippen molar-refractivity contribution in [2.24, 2.45) is 5.73 Å². The number of carboxylic acids is 2. The molecule has 2 unspecified atom stereocenters. The zero-order valence-corrected chi connectivity index (χ0v) is 18.9. The molecule has 0 radical (unpaired) electrons. The van der Waals surface area contributed by atoms with Gasteiger partial charge >= 0.3 is 11.9 Å². The summed E-state index contributed by atoms with van der Waals surface area (Å²) in [5.74, 6) is 3.84. The van der Waals surface area contributed by atoms with Crippen LogP contribution in [0.1, 0.15) is 80.6 Å². The van der Waals surface area contributed by atoms with Crippen molar-refractivity contribution in [1.29, 1.82) is 0 Å². The molecular formula is C23H35NO6S. The molecule has 0 aliphatic rings. The normalized spacial score (nSPS) is 12.4. The van der Waals surface area contributed by atoms with E-state index in [1.165, 1.54) is 56.3 Å². The highest BCUT2D eigenvalue weighted by Crippen LogP contribution is 2.24. The van der Waals surface area contributed by atoms with E-state index in [1.807, 2.05) is 12.1 Å². The van der Waals surface area contributed by atoms with Crippen molar-refractivity contribution in [1.82, 2.24) is 0 Å². The third-order valence-corrected chi connectivity index (χ3v) is 5.34. The van der Waals surface area contributed by atoms with Crippen LogP contribution in [0.5, 0.6) is 0 Å². The van der Waals surface area contributed by atoms with Crippen LogP contribution in [0.25, 0.3) is 0 Å². The molecule has 2 atom stereocenters. The quantitative estimate of drug-likeness (QED) is 0.174. The predicted octanol–water partition coefficient (Wildman–Crippen LogP) is 3.70. The standard InChI is InChI=1S/C19H31NO2S.C4H4O4/c1-2-3-4-5-6-7-8-9-10-11-12-16-13-14-18(23-16)19(22)17(20)15-21;5-3(6)1-2-4(7)8/h13-14,17,19,21-22H,2-10,15,20H2,1H3;1-2H,(H,5,6)(H,7,8)/b;2-1-. The van der Waals surface area contributed by atoms with E-state index in [2.05, 4.69) is 18.8 Å². The number of aliphatic carboxylic acids is 2. The Morgan fingerprint density at radius 3 is 2.10 bits per heavy atom. The summed E-state index contributed by atoms with van der Waals surface area (Å²) in [4.78, 5) is 20.8. The Morgan fingerprint density at radius 1 is 1.03 bits per heavy atom. The van der Waals surface area contributed by atoms with E-state index in [9.17, 15) is 14.7 Å². The van der Waals surface area contributed by atoms with Crippen molar-refractivity contribution in [3.63, 3.8) is 0 Å². The van der Waals surface area contributed by atoms with Gasteiger partial charge in [-0.15, -0.1) is 11.3 Å². The van der Waals surface area contributed by atoms with Crippen molar-refractivity contribution < 1.29 is 30.0 Å². The molecule has 0 bridgehead atoms. The number of carboxylic acid groups (broad SMARTS) is 2. The van der Waals surface area contributed by atoms with Crippen molar-refractivity contribution >= 4 is 23.3 Å². The molecule has 0 fully saturated rings. The molecule has 1 rings (SSSR count). The summed E-state index contributed by atoms with van der Waals surface area (Å²) in [6.45, 7) is 2.02. The summed E-state index contributed by atoms with van der Waals surface area (Å²) in [6, 6.07) is 3.12. The van der Waals surface area contributed by atoms with E-state index in [0.29, 0.717) is 12.2 Å². The fourth-order valence-corrected chi connectivity index (χ4v) is 3.47. The summed E-state index contributed by atoms with van der Waals surface area (Å²) in [5, 5.41) is 34.5. The molecule has 6 N–H and O–H groups in total. The van der Waals surface area contributed by atoms with E-state index in [1.54, 1.807) is 0 Å². The van der Waals surface area contributed by atoms with Gasteiger partial charge in [0.1, 0.15) is 6.10 Å². The molecule has 31 heavy (non-hydrogen) atoms. The molecule has 8 heteroatoms. The van der Waals surface area contributed by atoms with Gasteiger partial charge in [-0.3, -0.25) is 0 Å². The monoisotopic (exact) mass is 453 g/mol. The first kappa shape index (κ1) is 28.8. The second-order valence-electron chi connectivity index (χ2n) is 7.03.